The number of hydrogen-bond acceptors (Lipinski definition) is 3. The molecule has 4 heteroatoms. The fourth-order valence-corrected chi connectivity index (χ4v) is 4.95. The van der Waals surface area contributed by atoms with E-state index in [1.807, 2.05) is 23.1 Å². The number of carbonyl (C=O) groups is 1. The Kier molecular flexibility index (Phi) is 5.39. The maximum absolute atomic E-state index is 13.6. The summed E-state index contributed by atoms with van der Waals surface area (Å²) in [6, 6.07) is 14.3. The summed E-state index contributed by atoms with van der Waals surface area (Å²) in [5.74, 6) is 0.964. The van der Waals surface area contributed by atoms with Crippen molar-refractivity contribution in [2.75, 3.05) is 38.2 Å². The molecule has 4 rings (SSSR count). The lowest BCUT2D eigenvalue weighted by atomic mass is 9.74. The van der Waals surface area contributed by atoms with Crippen LogP contribution >= 0.6 is 0 Å². The van der Waals surface area contributed by atoms with Crippen LogP contribution in [0.1, 0.15) is 62.0 Å². The van der Waals surface area contributed by atoms with Gasteiger partial charge in [0.2, 0.25) is 0 Å². The number of fused-ring (bicyclic) bond motifs is 2. The minimum absolute atomic E-state index is 0.0244. The molecule has 1 saturated heterocycles. The molecule has 2 heterocycles. The van der Waals surface area contributed by atoms with E-state index in [1.54, 1.807) is 7.11 Å². The normalized spacial score (nSPS) is 18.5. The molecule has 30 heavy (non-hydrogen) atoms. The average Bonchev–Trinajstić information content (AvgIpc) is 3.06. The number of hydrogen-bond donors (Lipinski definition) is 0. The van der Waals surface area contributed by atoms with E-state index in [0.717, 1.165) is 56.0 Å². The monoisotopic (exact) mass is 406 g/mol. The molecule has 2 aliphatic rings. The Morgan fingerprint density at radius 3 is 2.30 bits per heavy atom. The Balaban J connectivity index is 1.67. The van der Waals surface area contributed by atoms with Gasteiger partial charge in [-0.05, 0) is 79.3 Å². The van der Waals surface area contributed by atoms with Crippen LogP contribution in [0.2, 0.25) is 0 Å². The number of ether oxygens (including phenoxy) is 1. The number of anilines is 1. The summed E-state index contributed by atoms with van der Waals surface area (Å²) in [4.78, 5) is 18.1. The molecular formula is C26H34N2O2. The Morgan fingerprint density at radius 1 is 1.07 bits per heavy atom. The third-order valence-corrected chi connectivity index (χ3v) is 7.03. The van der Waals surface area contributed by atoms with Crippen molar-refractivity contribution in [3.8, 4) is 5.75 Å². The van der Waals surface area contributed by atoms with Crippen molar-refractivity contribution in [2.45, 2.75) is 51.4 Å². The number of likely N-dealkylation sites (tertiary alicyclic amines) is 1. The van der Waals surface area contributed by atoms with Crippen molar-refractivity contribution in [3.05, 3.63) is 59.2 Å². The van der Waals surface area contributed by atoms with E-state index < -0.39 is 0 Å². The first-order valence-corrected chi connectivity index (χ1v) is 11.1. The second-order valence-corrected chi connectivity index (χ2v) is 9.82. The number of rotatable bonds is 3. The number of nitrogens with zero attached hydrogens (tertiary/aromatic N) is 2. The fraction of sp³-hybridized carbons (Fsp3) is 0.500. The summed E-state index contributed by atoms with van der Waals surface area (Å²) < 4.78 is 5.53. The van der Waals surface area contributed by atoms with E-state index in [0.29, 0.717) is 0 Å². The van der Waals surface area contributed by atoms with Crippen molar-refractivity contribution >= 4 is 11.6 Å². The highest BCUT2D eigenvalue weighted by Crippen LogP contribution is 2.48. The first-order valence-electron chi connectivity index (χ1n) is 11.1. The highest BCUT2D eigenvalue weighted by Gasteiger charge is 2.46. The number of benzene rings is 2. The molecule has 0 aliphatic carbocycles. The van der Waals surface area contributed by atoms with Gasteiger partial charge in [-0.3, -0.25) is 4.79 Å². The van der Waals surface area contributed by atoms with Gasteiger partial charge < -0.3 is 14.5 Å². The van der Waals surface area contributed by atoms with Crippen molar-refractivity contribution in [1.29, 1.82) is 0 Å². The quantitative estimate of drug-likeness (QED) is 0.719. The molecule has 1 fully saturated rings. The minimum Gasteiger partial charge on any atom is -0.497 e. The van der Waals surface area contributed by atoms with Crippen LogP contribution in [-0.4, -0.2) is 44.1 Å². The number of amides is 1. The van der Waals surface area contributed by atoms with Gasteiger partial charge in [0.15, 0.2) is 0 Å². The van der Waals surface area contributed by atoms with Gasteiger partial charge in [-0.15, -0.1) is 0 Å². The molecule has 1 amide bonds. The van der Waals surface area contributed by atoms with Gasteiger partial charge in [0.05, 0.1) is 7.11 Å². The molecule has 160 valence electrons. The highest BCUT2D eigenvalue weighted by molar-refractivity contribution is 6.07. The Hall–Kier alpha value is -2.33. The van der Waals surface area contributed by atoms with E-state index in [2.05, 4.69) is 56.9 Å². The smallest absolute Gasteiger partial charge is 0.258 e. The van der Waals surface area contributed by atoms with Crippen LogP contribution in [-0.2, 0) is 10.8 Å². The summed E-state index contributed by atoms with van der Waals surface area (Å²) in [5, 5.41) is 0. The summed E-state index contributed by atoms with van der Waals surface area (Å²) in [6.07, 6.45) is 2.15. The van der Waals surface area contributed by atoms with Gasteiger partial charge in [0, 0.05) is 23.2 Å². The Bertz CT molecular complexity index is 919. The third-order valence-electron chi connectivity index (χ3n) is 7.03. The van der Waals surface area contributed by atoms with E-state index in [1.165, 1.54) is 11.1 Å². The van der Waals surface area contributed by atoms with E-state index in [-0.39, 0.29) is 16.7 Å². The van der Waals surface area contributed by atoms with Crippen LogP contribution in [0.15, 0.2) is 42.5 Å². The predicted molar refractivity (Wildman–Crippen MR) is 123 cm³/mol. The van der Waals surface area contributed by atoms with Crippen LogP contribution in [0, 0.1) is 0 Å². The number of carbonyl (C=O) groups excluding carboxylic acids is 1. The molecule has 2 aromatic rings. The SMILES string of the molecule is CCN1CCC2(CC1)CN(C(=O)c1ccc(C(C)(C)C)cc1)c1ccc(OC)cc12. The van der Waals surface area contributed by atoms with Crippen molar-refractivity contribution < 1.29 is 9.53 Å². The molecule has 0 atom stereocenters. The molecule has 2 aromatic carbocycles. The summed E-state index contributed by atoms with van der Waals surface area (Å²) >= 11 is 0. The molecule has 0 aromatic heterocycles. The topological polar surface area (TPSA) is 32.8 Å². The van der Waals surface area contributed by atoms with E-state index >= 15 is 0 Å². The first-order chi connectivity index (χ1) is 14.3. The number of piperidine rings is 1. The highest BCUT2D eigenvalue weighted by atomic mass is 16.5. The van der Waals surface area contributed by atoms with Gasteiger partial charge >= 0.3 is 0 Å². The lowest BCUT2D eigenvalue weighted by Gasteiger charge is -2.39. The van der Waals surface area contributed by atoms with E-state index in [9.17, 15) is 4.79 Å². The van der Waals surface area contributed by atoms with Crippen LogP contribution in [0.3, 0.4) is 0 Å². The molecule has 0 bridgehead atoms. The van der Waals surface area contributed by atoms with Crippen LogP contribution < -0.4 is 9.64 Å². The fourth-order valence-electron chi connectivity index (χ4n) is 4.95. The zero-order valence-corrected chi connectivity index (χ0v) is 19.0. The van der Waals surface area contributed by atoms with Gasteiger partial charge in [-0.1, -0.05) is 39.8 Å². The van der Waals surface area contributed by atoms with Gasteiger partial charge in [0.25, 0.3) is 5.91 Å². The molecule has 0 N–H and O–H groups in total. The largest absolute Gasteiger partial charge is 0.497 e. The maximum Gasteiger partial charge on any atom is 0.258 e. The molecular weight excluding hydrogens is 372 g/mol. The first kappa shape index (κ1) is 20.9. The molecule has 2 aliphatic heterocycles. The molecule has 0 saturated carbocycles. The van der Waals surface area contributed by atoms with E-state index in [4.69, 9.17) is 4.74 Å². The lowest BCUT2D eigenvalue weighted by molar-refractivity contribution is 0.0977. The van der Waals surface area contributed by atoms with Gasteiger partial charge in [0.1, 0.15) is 5.75 Å². The standard InChI is InChI=1S/C26H34N2O2/c1-6-27-15-13-26(14-16-27)18-28(23-12-11-21(30-5)17-22(23)26)24(29)19-7-9-20(10-8-19)25(2,3)4/h7-12,17H,6,13-16,18H2,1-5H3. The average molecular weight is 407 g/mol. The van der Waals surface area contributed by atoms with Gasteiger partial charge in [-0.25, -0.2) is 0 Å². The lowest BCUT2D eigenvalue weighted by Crippen LogP contribution is -2.46. The van der Waals surface area contributed by atoms with Gasteiger partial charge in [-0.2, -0.15) is 0 Å². The molecule has 1 spiro atoms. The second kappa shape index (κ2) is 7.73. The van der Waals surface area contributed by atoms with Crippen molar-refractivity contribution in [3.63, 3.8) is 0 Å². The van der Waals surface area contributed by atoms with Crippen molar-refractivity contribution in [2.24, 2.45) is 0 Å². The maximum atomic E-state index is 13.6. The summed E-state index contributed by atoms with van der Waals surface area (Å²) in [5.41, 5.74) is 4.43. The Morgan fingerprint density at radius 2 is 1.73 bits per heavy atom. The number of methoxy groups -OCH3 is 1. The molecule has 4 nitrogen and oxygen atoms in total. The van der Waals surface area contributed by atoms with Crippen molar-refractivity contribution in [1.82, 2.24) is 4.90 Å². The summed E-state index contributed by atoms with van der Waals surface area (Å²) in [7, 11) is 1.71. The van der Waals surface area contributed by atoms with Crippen LogP contribution in [0.5, 0.6) is 5.75 Å². The zero-order chi connectivity index (χ0) is 21.5. The van der Waals surface area contributed by atoms with Crippen LogP contribution in [0.4, 0.5) is 5.69 Å². The Labute approximate surface area is 180 Å². The molecule has 0 unspecified atom stereocenters. The predicted octanol–water partition coefficient (Wildman–Crippen LogP) is 5.01. The molecule has 0 radical (unpaired) electrons. The zero-order valence-electron chi connectivity index (χ0n) is 19.0. The summed E-state index contributed by atoms with van der Waals surface area (Å²) in [6.45, 7) is 12.8. The van der Waals surface area contributed by atoms with Crippen LogP contribution in [0.25, 0.3) is 0 Å². The minimum atomic E-state index is 0.0244. The third kappa shape index (κ3) is 3.62. The second-order valence-electron chi connectivity index (χ2n) is 9.82.